The van der Waals surface area contributed by atoms with Gasteiger partial charge in [-0.25, -0.2) is 4.98 Å². The van der Waals surface area contributed by atoms with Crippen LogP contribution in [0.15, 0.2) is 41.4 Å². The predicted molar refractivity (Wildman–Crippen MR) is 87.5 cm³/mol. The Hall–Kier alpha value is -1.55. The number of nitrogens with zero attached hydrogens (tertiary/aromatic N) is 2. The number of para-hydroxylation sites is 1. The van der Waals surface area contributed by atoms with E-state index in [2.05, 4.69) is 17.1 Å². The van der Waals surface area contributed by atoms with Crippen molar-refractivity contribution in [1.29, 1.82) is 0 Å². The molecule has 0 N–H and O–H groups in total. The zero-order valence-corrected chi connectivity index (χ0v) is 12.9. The third kappa shape index (κ3) is 3.76. The number of carbonyl (C=O) groups excluding carboxylic acids is 1. The van der Waals surface area contributed by atoms with Crippen molar-refractivity contribution in [3.8, 4) is 0 Å². The summed E-state index contributed by atoms with van der Waals surface area (Å²) in [5.74, 6) is 0.739. The van der Waals surface area contributed by atoms with Gasteiger partial charge in [-0.05, 0) is 25.0 Å². The van der Waals surface area contributed by atoms with Crippen LogP contribution >= 0.6 is 11.8 Å². The number of benzene rings is 1. The number of likely N-dealkylation sites (tertiary alicyclic amines) is 1. The number of thioether (sulfide) groups is 1. The van der Waals surface area contributed by atoms with Gasteiger partial charge in [0.15, 0.2) is 0 Å². The lowest BCUT2D eigenvalue weighted by atomic mass is 10.2. The zero-order valence-electron chi connectivity index (χ0n) is 12.1. The van der Waals surface area contributed by atoms with Gasteiger partial charge in [0, 0.05) is 18.5 Å². The molecule has 0 atom stereocenters. The highest BCUT2D eigenvalue weighted by Gasteiger charge is 2.15. The summed E-state index contributed by atoms with van der Waals surface area (Å²) in [7, 11) is 0. The van der Waals surface area contributed by atoms with Gasteiger partial charge >= 0.3 is 0 Å². The molecule has 1 saturated heterocycles. The van der Waals surface area contributed by atoms with Gasteiger partial charge in [0.2, 0.25) is 5.91 Å². The lowest BCUT2D eigenvalue weighted by Gasteiger charge is -2.19. The molecular weight excluding hydrogens is 280 g/mol. The van der Waals surface area contributed by atoms with E-state index in [-0.39, 0.29) is 5.91 Å². The lowest BCUT2D eigenvalue weighted by molar-refractivity contribution is -0.128. The van der Waals surface area contributed by atoms with Gasteiger partial charge in [-0.1, -0.05) is 48.9 Å². The van der Waals surface area contributed by atoms with Gasteiger partial charge in [0.25, 0.3) is 0 Å². The first-order valence-corrected chi connectivity index (χ1v) is 8.58. The van der Waals surface area contributed by atoms with Crippen molar-refractivity contribution in [3.63, 3.8) is 0 Å². The number of pyridine rings is 1. The van der Waals surface area contributed by atoms with Crippen LogP contribution in [0.25, 0.3) is 10.9 Å². The predicted octanol–water partition coefficient (Wildman–Crippen LogP) is 3.73. The molecule has 0 unspecified atom stereocenters. The largest absolute Gasteiger partial charge is 0.342 e. The van der Waals surface area contributed by atoms with E-state index in [1.54, 1.807) is 11.8 Å². The molecule has 3 rings (SSSR count). The van der Waals surface area contributed by atoms with E-state index in [4.69, 9.17) is 0 Å². The average molecular weight is 300 g/mol. The molecule has 2 aromatic rings. The van der Waals surface area contributed by atoms with E-state index >= 15 is 0 Å². The lowest BCUT2D eigenvalue weighted by Crippen LogP contribution is -2.33. The van der Waals surface area contributed by atoms with Crippen molar-refractivity contribution in [3.05, 3.63) is 36.4 Å². The van der Waals surface area contributed by atoms with Crippen molar-refractivity contribution in [2.24, 2.45) is 0 Å². The number of carbonyl (C=O) groups is 1. The van der Waals surface area contributed by atoms with Gasteiger partial charge in [-0.15, -0.1) is 0 Å². The Kier molecular flexibility index (Phi) is 4.76. The highest BCUT2D eigenvalue weighted by atomic mass is 32.2. The molecule has 1 amide bonds. The van der Waals surface area contributed by atoms with Crippen LogP contribution < -0.4 is 0 Å². The second kappa shape index (κ2) is 6.94. The van der Waals surface area contributed by atoms with Crippen LogP contribution in [0, 0.1) is 0 Å². The molecule has 110 valence electrons. The first-order chi connectivity index (χ1) is 10.3. The van der Waals surface area contributed by atoms with Crippen LogP contribution in [0.1, 0.15) is 25.7 Å². The highest BCUT2D eigenvalue weighted by molar-refractivity contribution is 7.99. The van der Waals surface area contributed by atoms with Crippen LogP contribution in [0.2, 0.25) is 0 Å². The van der Waals surface area contributed by atoms with Crippen LogP contribution in [-0.2, 0) is 4.79 Å². The maximum absolute atomic E-state index is 12.3. The van der Waals surface area contributed by atoms with Crippen molar-refractivity contribution >= 4 is 28.6 Å². The van der Waals surface area contributed by atoms with Crippen molar-refractivity contribution < 1.29 is 4.79 Å². The SMILES string of the molecule is O=C(CSc1ccc2ccccc2n1)N1CCCCCC1. The highest BCUT2D eigenvalue weighted by Crippen LogP contribution is 2.21. The monoisotopic (exact) mass is 300 g/mol. The quantitative estimate of drug-likeness (QED) is 0.810. The van der Waals surface area contributed by atoms with Gasteiger partial charge in [-0.3, -0.25) is 4.79 Å². The Morgan fingerprint density at radius 3 is 2.62 bits per heavy atom. The summed E-state index contributed by atoms with van der Waals surface area (Å²) >= 11 is 1.54. The number of hydrogen-bond acceptors (Lipinski definition) is 3. The molecule has 1 aliphatic rings. The Labute approximate surface area is 129 Å². The summed E-state index contributed by atoms with van der Waals surface area (Å²) in [6.07, 6.45) is 4.79. The topological polar surface area (TPSA) is 33.2 Å². The maximum atomic E-state index is 12.3. The smallest absolute Gasteiger partial charge is 0.232 e. The minimum absolute atomic E-state index is 0.247. The van der Waals surface area contributed by atoms with Crippen LogP contribution in [-0.4, -0.2) is 34.6 Å². The van der Waals surface area contributed by atoms with E-state index in [0.717, 1.165) is 41.9 Å². The molecule has 0 spiro atoms. The summed E-state index contributed by atoms with van der Waals surface area (Å²) in [6.45, 7) is 1.84. The standard InChI is InChI=1S/C17H20N2OS/c20-17(19-11-5-1-2-6-12-19)13-21-16-10-9-14-7-3-4-8-15(14)18-16/h3-4,7-10H,1-2,5-6,11-13H2. The minimum Gasteiger partial charge on any atom is -0.342 e. The minimum atomic E-state index is 0.247. The molecular formula is C17H20N2OS. The molecule has 0 bridgehead atoms. The number of hydrogen-bond donors (Lipinski definition) is 0. The summed E-state index contributed by atoms with van der Waals surface area (Å²) in [6, 6.07) is 12.1. The van der Waals surface area contributed by atoms with Gasteiger partial charge in [0.1, 0.15) is 0 Å². The molecule has 0 aliphatic carbocycles. The number of fused-ring (bicyclic) bond motifs is 1. The molecule has 1 aliphatic heterocycles. The van der Waals surface area contributed by atoms with Gasteiger partial charge in [0.05, 0.1) is 16.3 Å². The molecule has 2 heterocycles. The fraction of sp³-hybridized carbons (Fsp3) is 0.412. The van der Waals surface area contributed by atoms with E-state index in [1.807, 2.05) is 29.2 Å². The van der Waals surface area contributed by atoms with Crippen LogP contribution in [0.4, 0.5) is 0 Å². The Morgan fingerprint density at radius 2 is 1.81 bits per heavy atom. The van der Waals surface area contributed by atoms with Crippen LogP contribution in [0.3, 0.4) is 0 Å². The van der Waals surface area contributed by atoms with E-state index < -0.39 is 0 Å². The maximum Gasteiger partial charge on any atom is 0.232 e. The third-order valence-electron chi connectivity index (χ3n) is 3.88. The summed E-state index contributed by atoms with van der Waals surface area (Å²) in [4.78, 5) is 18.9. The molecule has 1 aromatic carbocycles. The fourth-order valence-electron chi connectivity index (χ4n) is 2.67. The van der Waals surface area contributed by atoms with Crippen LogP contribution in [0.5, 0.6) is 0 Å². The molecule has 3 nitrogen and oxygen atoms in total. The second-order valence-corrected chi connectivity index (χ2v) is 6.42. The first kappa shape index (κ1) is 14.4. The van der Waals surface area contributed by atoms with Crippen molar-refractivity contribution in [2.75, 3.05) is 18.8 Å². The molecule has 0 radical (unpaired) electrons. The Morgan fingerprint density at radius 1 is 1.05 bits per heavy atom. The van der Waals surface area contributed by atoms with Crippen molar-refractivity contribution in [1.82, 2.24) is 9.88 Å². The molecule has 1 aromatic heterocycles. The normalized spacial score (nSPS) is 15.9. The Bertz CT molecular complexity index is 621. The summed E-state index contributed by atoms with van der Waals surface area (Å²) in [5.41, 5.74) is 0.990. The number of aromatic nitrogens is 1. The molecule has 0 saturated carbocycles. The van der Waals surface area contributed by atoms with Gasteiger partial charge < -0.3 is 4.90 Å². The van der Waals surface area contributed by atoms with E-state index in [0.29, 0.717) is 5.75 Å². The zero-order chi connectivity index (χ0) is 14.5. The summed E-state index contributed by atoms with van der Waals surface area (Å²) in [5, 5.41) is 2.07. The fourth-order valence-corrected chi connectivity index (χ4v) is 3.46. The third-order valence-corrected chi connectivity index (χ3v) is 4.79. The van der Waals surface area contributed by atoms with Crippen molar-refractivity contribution in [2.45, 2.75) is 30.7 Å². The molecule has 21 heavy (non-hydrogen) atoms. The second-order valence-electron chi connectivity index (χ2n) is 5.43. The van der Waals surface area contributed by atoms with E-state index in [1.165, 1.54) is 12.8 Å². The Balaban J connectivity index is 1.61. The van der Waals surface area contributed by atoms with Gasteiger partial charge in [-0.2, -0.15) is 0 Å². The number of amides is 1. The summed E-state index contributed by atoms with van der Waals surface area (Å²) < 4.78 is 0. The average Bonchev–Trinajstić information content (AvgIpc) is 2.81. The van der Waals surface area contributed by atoms with E-state index in [9.17, 15) is 4.79 Å². The molecule has 1 fully saturated rings. The molecule has 4 heteroatoms. The first-order valence-electron chi connectivity index (χ1n) is 7.59. The number of rotatable bonds is 3.